The summed E-state index contributed by atoms with van der Waals surface area (Å²) in [5.41, 5.74) is -2.06. The largest absolute Gasteiger partial charge is 0.376 e. The van der Waals surface area contributed by atoms with Crippen LogP contribution in [0.3, 0.4) is 0 Å². The van der Waals surface area contributed by atoms with E-state index in [9.17, 15) is 5.11 Å². The molecule has 0 radical (unpaired) electrons. The molecule has 1 atom stereocenters. The smallest absolute Gasteiger partial charge is 0.144 e. The molecule has 5 heteroatoms. The van der Waals surface area contributed by atoms with E-state index in [0.29, 0.717) is 0 Å². The van der Waals surface area contributed by atoms with Gasteiger partial charge in [0.2, 0.25) is 0 Å². The highest BCUT2D eigenvalue weighted by molar-refractivity contribution is 6.31. The number of halogens is 2. The lowest BCUT2D eigenvalue weighted by Gasteiger charge is -2.30. The van der Waals surface area contributed by atoms with E-state index in [1.807, 2.05) is 0 Å². The van der Waals surface area contributed by atoms with Gasteiger partial charge in [-0.25, -0.2) is 9.97 Å². The van der Waals surface area contributed by atoms with Crippen LogP contribution in [-0.2, 0) is 5.60 Å². The van der Waals surface area contributed by atoms with Gasteiger partial charge in [-0.2, -0.15) is 0 Å². The van der Waals surface area contributed by atoms with Gasteiger partial charge in [0, 0.05) is 33.6 Å². The van der Waals surface area contributed by atoms with Crippen molar-refractivity contribution in [1.82, 2.24) is 9.97 Å². The van der Waals surface area contributed by atoms with Crippen LogP contribution in [-0.4, -0.2) is 15.1 Å². The summed E-state index contributed by atoms with van der Waals surface area (Å²) in [6, 6.07) is 4.56. The van der Waals surface area contributed by atoms with Gasteiger partial charge >= 0.3 is 0 Å². The van der Waals surface area contributed by atoms with E-state index in [1.165, 1.54) is 24.8 Å². The number of nitrogens with zero attached hydrogens (tertiary/aromatic N) is 2. The number of benzene rings is 2. The summed E-state index contributed by atoms with van der Waals surface area (Å²) in [5.74, 6) is 0. The Morgan fingerprint density at radius 2 is 1.59 bits per heavy atom. The molecule has 3 aromatic rings. The Hall–Kier alpha value is -1.94. The zero-order valence-electron chi connectivity index (χ0n) is 15.1. The van der Waals surface area contributed by atoms with Crippen LogP contribution in [0.15, 0.2) is 67.2 Å². The fourth-order valence-electron chi connectivity index (χ4n) is 2.15. The van der Waals surface area contributed by atoms with Crippen molar-refractivity contribution in [3.63, 3.8) is 0 Å². The van der Waals surface area contributed by atoms with Crippen molar-refractivity contribution in [2.45, 2.75) is 5.60 Å². The SMILES string of the molecule is [2H]c1c([2H])c(C(O)(c2cncnc2)c2ccccc2Cl)c([2H])c([2H])c1Cl. The minimum Gasteiger partial charge on any atom is -0.376 e. The number of hydrogen-bond donors (Lipinski definition) is 1. The van der Waals surface area contributed by atoms with Gasteiger partial charge in [0.15, 0.2) is 0 Å². The number of rotatable bonds is 3. The molecule has 0 saturated heterocycles. The fraction of sp³-hybridized carbons (Fsp3) is 0.0588. The second-order valence-corrected chi connectivity index (χ2v) is 5.29. The third-order valence-electron chi connectivity index (χ3n) is 3.20. The van der Waals surface area contributed by atoms with Crippen LogP contribution in [0, 0.1) is 0 Å². The molecule has 3 rings (SSSR count). The summed E-state index contributed by atoms with van der Waals surface area (Å²) >= 11 is 12.2. The standard InChI is InChI=1S/C17H12Cl2N2O/c18-14-7-5-12(6-8-14)17(22,13-9-20-11-21-10-13)15-3-1-2-4-16(15)19/h1-11,22H/i5D,6D,7D,8D. The van der Waals surface area contributed by atoms with Gasteiger partial charge < -0.3 is 5.11 Å². The minimum atomic E-state index is -2.11. The van der Waals surface area contributed by atoms with Crippen molar-refractivity contribution in [2.75, 3.05) is 0 Å². The molecule has 1 aromatic heterocycles. The first-order valence-corrected chi connectivity index (χ1v) is 7.04. The normalized spacial score (nSPS) is 16.1. The van der Waals surface area contributed by atoms with Crippen molar-refractivity contribution in [1.29, 1.82) is 0 Å². The quantitative estimate of drug-likeness (QED) is 0.785. The average Bonchev–Trinajstić information content (AvgIpc) is 2.66. The van der Waals surface area contributed by atoms with Crippen molar-refractivity contribution in [3.05, 3.63) is 93.9 Å². The second kappa shape index (κ2) is 6.05. The average molecular weight is 335 g/mol. The molecular weight excluding hydrogens is 319 g/mol. The Morgan fingerprint density at radius 1 is 0.955 bits per heavy atom. The van der Waals surface area contributed by atoms with Gasteiger partial charge in [0.05, 0.1) is 5.48 Å². The fourth-order valence-corrected chi connectivity index (χ4v) is 2.52. The van der Waals surface area contributed by atoms with Gasteiger partial charge in [0.25, 0.3) is 0 Å². The molecular formula is C17H12Cl2N2O. The lowest BCUT2D eigenvalue weighted by molar-refractivity contribution is 0.125. The van der Waals surface area contributed by atoms with Crippen molar-refractivity contribution in [2.24, 2.45) is 0 Å². The summed E-state index contributed by atoms with van der Waals surface area (Å²) < 4.78 is 32.5. The number of aliphatic hydroxyl groups is 1. The topological polar surface area (TPSA) is 46.0 Å². The summed E-state index contributed by atoms with van der Waals surface area (Å²) in [6.45, 7) is 0. The summed E-state index contributed by atoms with van der Waals surface area (Å²) in [6.07, 6.45) is 3.93. The first kappa shape index (κ1) is 10.7. The van der Waals surface area contributed by atoms with Crippen molar-refractivity contribution in [3.8, 4) is 0 Å². The molecule has 0 aliphatic heterocycles. The van der Waals surface area contributed by atoms with Gasteiger partial charge in [-0.3, -0.25) is 0 Å². The monoisotopic (exact) mass is 334 g/mol. The predicted molar refractivity (Wildman–Crippen MR) is 87.0 cm³/mol. The molecule has 0 amide bonds. The lowest BCUT2D eigenvalue weighted by atomic mass is 9.81. The predicted octanol–water partition coefficient (Wildman–Crippen LogP) is 4.07. The molecule has 110 valence electrons. The highest BCUT2D eigenvalue weighted by Gasteiger charge is 2.36. The van der Waals surface area contributed by atoms with Gasteiger partial charge in [-0.15, -0.1) is 0 Å². The summed E-state index contributed by atoms with van der Waals surface area (Å²) in [5, 5.41) is 11.6. The second-order valence-electron chi connectivity index (χ2n) is 4.51. The third-order valence-corrected chi connectivity index (χ3v) is 3.72. The molecule has 2 aromatic carbocycles. The maximum atomic E-state index is 11.7. The molecule has 1 heterocycles. The van der Waals surface area contributed by atoms with E-state index in [2.05, 4.69) is 9.97 Å². The number of aromatic nitrogens is 2. The molecule has 0 spiro atoms. The van der Waals surface area contributed by atoms with E-state index in [0.717, 1.165) is 0 Å². The van der Waals surface area contributed by atoms with E-state index < -0.39 is 29.8 Å². The lowest BCUT2D eigenvalue weighted by Crippen LogP contribution is -2.29. The Morgan fingerprint density at radius 3 is 2.23 bits per heavy atom. The van der Waals surface area contributed by atoms with Crippen LogP contribution in [0.4, 0.5) is 0 Å². The minimum absolute atomic E-state index is 0.149. The van der Waals surface area contributed by atoms with Crippen LogP contribution in [0.5, 0.6) is 0 Å². The first-order chi connectivity index (χ1) is 12.3. The third kappa shape index (κ3) is 2.59. The summed E-state index contributed by atoms with van der Waals surface area (Å²) in [4.78, 5) is 7.79. The molecule has 0 aliphatic rings. The Labute approximate surface area is 143 Å². The number of hydrogen-bond acceptors (Lipinski definition) is 3. The molecule has 1 N–H and O–H groups in total. The van der Waals surface area contributed by atoms with E-state index in [4.69, 9.17) is 28.7 Å². The van der Waals surface area contributed by atoms with Crippen molar-refractivity contribution >= 4 is 23.2 Å². The van der Waals surface area contributed by atoms with E-state index in [1.54, 1.807) is 18.2 Å². The Balaban J connectivity index is 2.48. The van der Waals surface area contributed by atoms with Crippen LogP contribution < -0.4 is 0 Å². The van der Waals surface area contributed by atoms with Gasteiger partial charge in [-0.1, -0.05) is 53.5 Å². The van der Waals surface area contributed by atoms with Crippen LogP contribution in [0.2, 0.25) is 10.0 Å². The van der Waals surface area contributed by atoms with Crippen LogP contribution in [0.1, 0.15) is 22.2 Å². The van der Waals surface area contributed by atoms with Gasteiger partial charge in [-0.05, 0) is 23.7 Å². The summed E-state index contributed by atoms with van der Waals surface area (Å²) in [7, 11) is 0. The molecule has 22 heavy (non-hydrogen) atoms. The Kier molecular flexibility index (Phi) is 2.95. The molecule has 0 saturated carbocycles. The van der Waals surface area contributed by atoms with E-state index >= 15 is 0 Å². The molecule has 0 aliphatic carbocycles. The molecule has 3 nitrogen and oxygen atoms in total. The van der Waals surface area contributed by atoms with Crippen LogP contribution in [0.25, 0.3) is 0 Å². The van der Waals surface area contributed by atoms with Gasteiger partial charge in [0.1, 0.15) is 11.9 Å². The zero-order valence-corrected chi connectivity index (χ0v) is 12.7. The zero-order chi connectivity index (χ0) is 19.1. The highest BCUT2D eigenvalue weighted by atomic mass is 35.5. The molecule has 0 bridgehead atoms. The first-order valence-electron chi connectivity index (χ1n) is 8.29. The van der Waals surface area contributed by atoms with Crippen LogP contribution >= 0.6 is 23.2 Å². The molecule has 0 fully saturated rings. The molecule has 1 unspecified atom stereocenters. The van der Waals surface area contributed by atoms with E-state index in [-0.39, 0.29) is 26.7 Å². The maximum absolute atomic E-state index is 11.7. The highest BCUT2D eigenvalue weighted by Crippen LogP contribution is 2.39. The maximum Gasteiger partial charge on any atom is 0.144 e. The Bertz CT molecular complexity index is 959. The van der Waals surface area contributed by atoms with Crippen molar-refractivity contribution < 1.29 is 10.6 Å².